The molecule has 0 radical (unpaired) electrons. The largest absolute Gasteiger partial charge is 0.340 e. The summed E-state index contributed by atoms with van der Waals surface area (Å²) in [4.78, 5) is 34.0. The molecule has 3 aromatic rings. The molecule has 1 aliphatic heterocycles. The molecule has 1 saturated heterocycles. The molecular formula is C20H25N5O3S2. The van der Waals surface area contributed by atoms with Gasteiger partial charge < -0.3 is 14.0 Å². The Labute approximate surface area is 182 Å². The van der Waals surface area contributed by atoms with Gasteiger partial charge in [0.05, 0.1) is 4.88 Å². The van der Waals surface area contributed by atoms with E-state index in [0.29, 0.717) is 24.7 Å². The molecule has 0 atom stereocenters. The third-order valence-corrected chi connectivity index (χ3v) is 7.07. The number of aryl methyl sites for hydroxylation is 2. The van der Waals surface area contributed by atoms with E-state index in [-0.39, 0.29) is 10.8 Å². The minimum atomic E-state index is 0.00822. The van der Waals surface area contributed by atoms with Gasteiger partial charge in [-0.05, 0) is 31.3 Å². The third-order valence-electron chi connectivity index (χ3n) is 5.33. The number of aromatic nitrogens is 3. The summed E-state index contributed by atoms with van der Waals surface area (Å²) in [6, 6.07) is 3.96. The van der Waals surface area contributed by atoms with Crippen molar-refractivity contribution in [3.05, 3.63) is 44.1 Å². The van der Waals surface area contributed by atoms with Gasteiger partial charge in [-0.2, -0.15) is 4.98 Å². The summed E-state index contributed by atoms with van der Waals surface area (Å²) >= 11 is 2.79. The zero-order chi connectivity index (χ0) is 20.9. The van der Waals surface area contributed by atoms with Gasteiger partial charge in [0.25, 0.3) is 0 Å². The zero-order valence-electron chi connectivity index (χ0n) is 17.0. The lowest BCUT2D eigenvalue weighted by molar-refractivity contribution is -0.133. The lowest BCUT2D eigenvalue weighted by atomic mass is 10.2. The number of amides is 1. The summed E-state index contributed by atoms with van der Waals surface area (Å²) in [5.74, 6) is 1.46. The van der Waals surface area contributed by atoms with E-state index >= 15 is 0 Å². The molecule has 30 heavy (non-hydrogen) atoms. The van der Waals surface area contributed by atoms with Crippen LogP contribution in [0, 0.1) is 6.92 Å². The molecule has 0 N–H and O–H groups in total. The highest BCUT2D eigenvalue weighted by atomic mass is 32.1. The number of piperazine rings is 1. The smallest absolute Gasteiger partial charge is 0.307 e. The lowest BCUT2D eigenvalue weighted by Crippen LogP contribution is -2.49. The topological polar surface area (TPSA) is 84.5 Å². The monoisotopic (exact) mass is 447 g/mol. The second-order valence-electron chi connectivity index (χ2n) is 7.36. The number of carbonyl (C=O) groups excluding carboxylic acids is 1. The molecule has 0 bridgehead atoms. The van der Waals surface area contributed by atoms with Crippen LogP contribution in [0.5, 0.6) is 0 Å². The van der Waals surface area contributed by atoms with Crippen molar-refractivity contribution in [3.8, 4) is 10.7 Å². The van der Waals surface area contributed by atoms with Gasteiger partial charge in [0, 0.05) is 56.6 Å². The molecule has 8 nitrogen and oxygen atoms in total. The lowest BCUT2D eigenvalue weighted by Gasteiger charge is -2.34. The first-order valence-corrected chi connectivity index (χ1v) is 11.9. The van der Waals surface area contributed by atoms with E-state index in [2.05, 4.69) is 15.0 Å². The predicted molar refractivity (Wildman–Crippen MR) is 117 cm³/mol. The van der Waals surface area contributed by atoms with Crippen molar-refractivity contribution in [1.29, 1.82) is 0 Å². The Kier molecular flexibility index (Phi) is 6.76. The van der Waals surface area contributed by atoms with E-state index in [9.17, 15) is 9.59 Å². The van der Waals surface area contributed by atoms with Crippen LogP contribution in [-0.2, 0) is 17.8 Å². The SMILES string of the molecule is Cc1csc(=O)n1CCC(=O)N1CCN(CCCc2nc(-c3cccs3)no2)CC1. The maximum absolute atomic E-state index is 12.5. The zero-order valence-corrected chi connectivity index (χ0v) is 18.6. The van der Waals surface area contributed by atoms with Crippen molar-refractivity contribution >= 4 is 28.6 Å². The molecule has 0 unspecified atom stereocenters. The van der Waals surface area contributed by atoms with Gasteiger partial charge in [-0.15, -0.1) is 11.3 Å². The quantitative estimate of drug-likeness (QED) is 0.528. The Balaban J connectivity index is 1.16. The van der Waals surface area contributed by atoms with Gasteiger partial charge in [-0.1, -0.05) is 22.6 Å². The van der Waals surface area contributed by atoms with E-state index in [1.807, 2.05) is 34.7 Å². The van der Waals surface area contributed by atoms with Crippen molar-refractivity contribution in [3.63, 3.8) is 0 Å². The summed E-state index contributed by atoms with van der Waals surface area (Å²) in [6.07, 6.45) is 2.08. The Bertz CT molecular complexity index is 1020. The maximum Gasteiger partial charge on any atom is 0.307 e. The van der Waals surface area contributed by atoms with Crippen LogP contribution >= 0.6 is 22.7 Å². The molecule has 0 spiro atoms. The molecule has 0 saturated carbocycles. The molecule has 4 rings (SSSR count). The van der Waals surface area contributed by atoms with E-state index in [4.69, 9.17) is 4.52 Å². The highest BCUT2D eigenvalue weighted by Crippen LogP contribution is 2.21. The number of hydrogen-bond acceptors (Lipinski definition) is 8. The van der Waals surface area contributed by atoms with Gasteiger partial charge in [0.15, 0.2) is 0 Å². The van der Waals surface area contributed by atoms with Crippen molar-refractivity contribution in [2.24, 2.45) is 0 Å². The number of rotatable bonds is 8. The summed E-state index contributed by atoms with van der Waals surface area (Å²) in [5.41, 5.74) is 0.923. The average Bonchev–Trinajstić information content (AvgIpc) is 3.49. The molecule has 0 aromatic carbocycles. The van der Waals surface area contributed by atoms with E-state index in [1.54, 1.807) is 15.9 Å². The van der Waals surface area contributed by atoms with E-state index in [0.717, 1.165) is 56.1 Å². The van der Waals surface area contributed by atoms with Crippen molar-refractivity contribution in [2.45, 2.75) is 32.7 Å². The molecule has 1 fully saturated rings. The Morgan fingerprint density at radius 1 is 1.20 bits per heavy atom. The van der Waals surface area contributed by atoms with Gasteiger partial charge >= 0.3 is 4.87 Å². The third kappa shape index (κ3) is 5.05. The fourth-order valence-electron chi connectivity index (χ4n) is 3.58. The van der Waals surface area contributed by atoms with Crippen molar-refractivity contribution in [1.82, 2.24) is 24.5 Å². The summed E-state index contributed by atoms with van der Waals surface area (Å²) in [7, 11) is 0. The number of nitrogens with zero attached hydrogens (tertiary/aromatic N) is 5. The van der Waals surface area contributed by atoms with Crippen LogP contribution in [0.4, 0.5) is 0 Å². The first-order chi connectivity index (χ1) is 14.6. The van der Waals surface area contributed by atoms with Crippen molar-refractivity contribution in [2.75, 3.05) is 32.7 Å². The van der Waals surface area contributed by atoms with E-state index < -0.39 is 0 Å². The van der Waals surface area contributed by atoms with Gasteiger partial charge in [0.2, 0.25) is 17.6 Å². The Morgan fingerprint density at radius 2 is 2.03 bits per heavy atom. The Morgan fingerprint density at radius 3 is 2.73 bits per heavy atom. The van der Waals surface area contributed by atoms with E-state index in [1.165, 1.54) is 11.3 Å². The van der Waals surface area contributed by atoms with Crippen LogP contribution in [0.2, 0.25) is 0 Å². The highest BCUT2D eigenvalue weighted by Gasteiger charge is 2.21. The highest BCUT2D eigenvalue weighted by molar-refractivity contribution is 7.13. The summed E-state index contributed by atoms with van der Waals surface area (Å²) in [6.45, 7) is 6.52. The normalized spacial score (nSPS) is 15.0. The molecule has 1 aliphatic rings. The Hall–Kier alpha value is -2.30. The maximum atomic E-state index is 12.5. The number of thiazole rings is 1. The summed E-state index contributed by atoms with van der Waals surface area (Å²) < 4.78 is 7.03. The first kappa shape index (κ1) is 21.0. The first-order valence-electron chi connectivity index (χ1n) is 10.1. The number of thiophene rings is 1. The van der Waals surface area contributed by atoms with Crippen LogP contribution in [0.15, 0.2) is 32.2 Å². The standard InChI is InChI=1S/C20H25N5O3S2/c1-15-14-30-20(27)25(15)8-6-18(26)24-11-9-23(10-12-24)7-2-5-17-21-19(22-28-17)16-4-3-13-29-16/h3-4,13-14H,2,5-12H2,1H3. The van der Waals surface area contributed by atoms with Crippen LogP contribution < -0.4 is 4.87 Å². The fourth-order valence-corrected chi connectivity index (χ4v) is 4.99. The van der Waals surface area contributed by atoms with Crippen LogP contribution in [0.3, 0.4) is 0 Å². The molecule has 0 aliphatic carbocycles. The van der Waals surface area contributed by atoms with Gasteiger partial charge in [0.1, 0.15) is 0 Å². The number of carbonyl (C=O) groups is 1. The second kappa shape index (κ2) is 9.67. The molecule has 3 aromatic heterocycles. The van der Waals surface area contributed by atoms with Crippen molar-refractivity contribution < 1.29 is 9.32 Å². The molecule has 4 heterocycles. The summed E-state index contributed by atoms with van der Waals surface area (Å²) in [5, 5.41) is 7.88. The van der Waals surface area contributed by atoms with Crippen LogP contribution in [0.25, 0.3) is 10.7 Å². The molecule has 10 heteroatoms. The molecular weight excluding hydrogens is 422 g/mol. The van der Waals surface area contributed by atoms with Crippen LogP contribution in [-0.4, -0.2) is 63.1 Å². The fraction of sp³-hybridized carbons (Fsp3) is 0.500. The van der Waals surface area contributed by atoms with Gasteiger partial charge in [-0.3, -0.25) is 14.5 Å². The number of hydrogen-bond donors (Lipinski definition) is 0. The minimum absolute atomic E-state index is 0.00822. The molecule has 1 amide bonds. The predicted octanol–water partition coefficient (Wildman–Crippen LogP) is 2.50. The second-order valence-corrected chi connectivity index (χ2v) is 9.13. The average molecular weight is 448 g/mol. The van der Waals surface area contributed by atoms with Gasteiger partial charge in [-0.25, -0.2) is 0 Å². The molecule has 160 valence electrons. The minimum Gasteiger partial charge on any atom is -0.340 e. The van der Waals surface area contributed by atoms with Crippen LogP contribution in [0.1, 0.15) is 24.4 Å².